The molecular formula is C39H38N4. The predicted molar refractivity (Wildman–Crippen MR) is 178 cm³/mol. The van der Waals surface area contributed by atoms with Gasteiger partial charge in [0.1, 0.15) is 5.82 Å². The molecule has 2 unspecified atom stereocenters. The molecule has 0 amide bonds. The average molecular weight is 563 g/mol. The van der Waals surface area contributed by atoms with E-state index < -0.39 is 5.41 Å². The Bertz CT molecular complexity index is 1870. The molecule has 0 bridgehead atoms. The van der Waals surface area contributed by atoms with Crippen LogP contribution >= 0.6 is 0 Å². The number of allylic oxidation sites excluding steroid dienone is 9. The summed E-state index contributed by atoms with van der Waals surface area (Å²) in [6, 6.07) is 19.6. The Morgan fingerprint density at radius 2 is 1.65 bits per heavy atom. The Kier molecular flexibility index (Phi) is 7.17. The maximum absolute atomic E-state index is 5.23. The first-order valence-corrected chi connectivity index (χ1v) is 14.9. The number of aryl methyl sites for hydroxylation is 2. The van der Waals surface area contributed by atoms with E-state index in [9.17, 15) is 0 Å². The summed E-state index contributed by atoms with van der Waals surface area (Å²) in [5, 5.41) is 0. The molecule has 0 radical (unpaired) electrons. The second-order valence-corrected chi connectivity index (χ2v) is 12.2. The van der Waals surface area contributed by atoms with Gasteiger partial charge in [-0.15, -0.1) is 0 Å². The normalized spacial score (nSPS) is 20.3. The SMILES string of the molecule is C=C/C(=C\C=C/C)c1nc(-c2ccc3c(c2)C(C)(C)c2ccccc2-3)nc(C2(C)C=CC=CC2c2ccc(C)nc2C)n1. The van der Waals surface area contributed by atoms with Crippen molar-refractivity contribution < 1.29 is 0 Å². The molecular weight excluding hydrogens is 524 g/mol. The number of hydrogen-bond acceptors (Lipinski definition) is 4. The van der Waals surface area contributed by atoms with Gasteiger partial charge in [0.05, 0.1) is 5.41 Å². The van der Waals surface area contributed by atoms with Crippen molar-refractivity contribution in [2.24, 2.45) is 0 Å². The summed E-state index contributed by atoms with van der Waals surface area (Å²) < 4.78 is 0. The Hall–Kier alpha value is -4.70. The van der Waals surface area contributed by atoms with Gasteiger partial charge in [0.2, 0.25) is 0 Å². The smallest absolute Gasteiger partial charge is 0.163 e. The lowest BCUT2D eigenvalue weighted by Crippen LogP contribution is -2.32. The highest BCUT2D eigenvalue weighted by Crippen LogP contribution is 2.49. The molecule has 2 aliphatic carbocycles. The summed E-state index contributed by atoms with van der Waals surface area (Å²) in [6.07, 6.45) is 16.5. The second kappa shape index (κ2) is 10.9. The van der Waals surface area contributed by atoms with Crippen LogP contribution in [-0.4, -0.2) is 19.9 Å². The summed E-state index contributed by atoms with van der Waals surface area (Å²) in [7, 11) is 0. The van der Waals surface area contributed by atoms with Crippen molar-refractivity contribution in [1.82, 2.24) is 19.9 Å². The summed E-state index contributed by atoms with van der Waals surface area (Å²) in [6.45, 7) is 17.0. The first kappa shape index (κ1) is 28.4. The van der Waals surface area contributed by atoms with Gasteiger partial charge in [-0.1, -0.05) is 111 Å². The van der Waals surface area contributed by atoms with E-state index in [1.54, 1.807) is 0 Å². The molecule has 2 atom stereocenters. The van der Waals surface area contributed by atoms with Crippen molar-refractivity contribution in [3.63, 3.8) is 0 Å². The molecule has 4 nitrogen and oxygen atoms in total. The van der Waals surface area contributed by atoms with Crippen LogP contribution in [0, 0.1) is 13.8 Å². The van der Waals surface area contributed by atoms with Crippen LogP contribution in [0.3, 0.4) is 0 Å². The number of hydrogen-bond donors (Lipinski definition) is 0. The Morgan fingerprint density at radius 3 is 2.42 bits per heavy atom. The lowest BCUT2D eigenvalue weighted by atomic mass is 9.70. The van der Waals surface area contributed by atoms with Crippen molar-refractivity contribution in [1.29, 1.82) is 0 Å². The highest BCUT2D eigenvalue weighted by molar-refractivity contribution is 5.83. The summed E-state index contributed by atoms with van der Waals surface area (Å²) in [5.74, 6) is 1.99. The molecule has 4 aromatic rings. The monoisotopic (exact) mass is 562 g/mol. The highest BCUT2D eigenvalue weighted by atomic mass is 15.0. The van der Waals surface area contributed by atoms with Crippen molar-refractivity contribution >= 4 is 5.57 Å². The van der Waals surface area contributed by atoms with E-state index in [2.05, 4.69) is 113 Å². The van der Waals surface area contributed by atoms with Crippen LogP contribution in [0.4, 0.5) is 0 Å². The van der Waals surface area contributed by atoms with Crippen molar-refractivity contribution in [3.05, 3.63) is 150 Å². The fourth-order valence-corrected chi connectivity index (χ4v) is 6.55. The largest absolute Gasteiger partial charge is 0.258 e. The standard InChI is InChI=1S/C39H38N4/c1-8-10-15-27(9-2)35-41-36(28-20-22-31-30-16-11-12-17-32(30)38(5,6)34(31)24-28)43-37(42-35)39(7)23-14-13-18-33(39)29-21-19-25(3)40-26(29)4/h8-24,33H,2H2,1,3-7H3/b10-8-,27-15+. The van der Waals surface area contributed by atoms with Crippen LogP contribution < -0.4 is 0 Å². The van der Waals surface area contributed by atoms with Crippen LogP contribution in [0.5, 0.6) is 0 Å². The van der Waals surface area contributed by atoms with Crippen LogP contribution in [-0.2, 0) is 10.8 Å². The number of rotatable bonds is 6. The third-order valence-electron chi connectivity index (χ3n) is 9.01. The van der Waals surface area contributed by atoms with Crippen LogP contribution in [0.15, 0.2) is 110 Å². The fourth-order valence-electron chi connectivity index (χ4n) is 6.55. The minimum atomic E-state index is -0.526. The molecule has 2 heterocycles. The van der Waals surface area contributed by atoms with E-state index in [4.69, 9.17) is 19.9 Å². The van der Waals surface area contributed by atoms with Gasteiger partial charge in [0.15, 0.2) is 11.6 Å². The maximum atomic E-state index is 5.23. The van der Waals surface area contributed by atoms with Crippen molar-refractivity contribution in [2.45, 2.75) is 58.3 Å². The molecule has 6 rings (SSSR count). The summed E-state index contributed by atoms with van der Waals surface area (Å²) >= 11 is 0. The molecule has 0 saturated heterocycles. The van der Waals surface area contributed by atoms with Crippen molar-refractivity contribution in [3.8, 4) is 22.5 Å². The first-order valence-electron chi connectivity index (χ1n) is 14.9. The third-order valence-corrected chi connectivity index (χ3v) is 9.01. The molecule has 0 N–H and O–H groups in total. The maximum Gasteiger partial charge on any atom is 0.163 e. The zero-order valence-corrected chi connectivity index (χ0v) is 25.9. The lowest BCUT2D eigenvalue weighted by Gasteiger charge is -2.35. The van der Waals surface area contributed by atoms with E-state index in [-0.39, 0.29) is 11.3 Å². The number of fused-ring (bicyclic) bond motifs is 3. The third kappa shape index (κ3) is 4.81. The Labute approximate surface area is 255 Å². The van der Waals surface area contributed by atoms with Gasteiger partial charge in [-0.25, -0.2) is 15.0 Å². The Morgan fingerprint density at radius 1 is 0.860 bits per heavy atom. The summed E-state index contributed by atoms with van der Waals surface area (Å²) in [4.78, 5) is 20.2. The lowest BCUT2D eigenvalue weighted by molar-refractivity contribution is 0.486. The van der Waals surface area contributed by atoms with Gasteiger partial charge >= 0.3 is 0 Å². The molecule has 2 aromatic heterocycles. The number of pyridine rings is 1. The minimum absolute atomic E-state index is 0.00820. The molecule has 0 aliphatic heterocycles. The topological polar surface area (TPSA) is 51.6 Å². The quantitative estimate of drug-likeness (QED) is 0.220. The van der Waals surface area contributed by atoms with E-state index >= 15 is 0 Å². The molecule has 2 aliphatic rings. The Balaban J connectivity index is 1.55. The van der Waals surface area contributed by atoms with Crippen LogP contribution in [0.25, 0.3) is 28.1 Å². The van der Waals surface area contributed by atoms with Gasteiger partial charge in [0.25, 0.3) is 0 Å². The van der Waals surface area contributed by atoms with Gasteiger partial charge in [-0.3, -0.25) is 4.98 Å². The molecule has 2 aromatic carbocycles. The zero-order chi connectivity index (χ0) is 30.4. The van der Waals surface area contributed by atoms with E-state index in [0.717, 1.165) is 22.5 Å². The van der Waals surface area contributed by atoms with Gasteiger partial charge in [-0.2, -0.15) is 0 Å². The molecule has 214 valence electrons. The second-order valence-electron chi connectivity index (χ2n) is 12.2. The molecule has 0 fully saturated rings. The molecule has 0 saturated carbocycles. The van der Waals surface area contributed by atoms with E-state index in [1.165, 1.54) is 27.8 Å². The first-order chi connectivity index (χ1) is 20.7. The summed E-state index contributed by atoms with van der Waals surface area (Å²) in [5.41, 5.74) is 9.57. The van der Waals surface area contributed by atoms with Crippen LogP contribution in [0.1, 0.15) is 73.3 Å². The number of benzene rings is 2. The van der Waals surface area contributed by atoms with E-state index in [1.807, 2.05) is 38.2 Å². The zero-order valence-electron chi connectivity index (χ0n) is 25.9. The van der Waals surface area contributed by atoms with Gasteiger partial charge in [-0.05, 0) is 67.6 Å². The van der Waals surface area contributed by atoms with Gasteiger partial charge in [0, 0.05) is 33.9 Å². The van der Waals surface area contributed by atoms with Gasteiger partial charge < -0.3 is 0 Å². The number of nitrogens with zero attached hydrogens (tertiary/aromatic N) is 4. The highest BCUT2D eigenvalue weighted by Gasteiger charge is 2.40. The average Bonchev–Trinajstić information content (AvgIpc) is 3.24. The number of aromatic nitrogens is 4. The molecule has 0 spiro atoms. The molecule has 4 heteroatoms. The minimum Gasteiger partial charge on any atom is -0.258 e. The predicted octanol–water partition coefficient (Wildman–Crippen LogP) is 9.17. The van der Waals surface area contributed by atoms with Crippen LogP contribution in [0.2, 0.25) is 0 Å². The van der Waals surface area contributed by atoms with E-state index in [0.29, 0.717) is 17.5 Å². The fraction of sp³-hybridized carbons (Fsp3) is 0.231. The molecule has 43 heavy (non-hydrogen) atoms. The van der Waals surface area contributed by atoms with Crippen molar-refractivity contribution in [2.75, 3.05) is 0 Å².